The summed E-state index contributed by atoms with van der Waals surface area (Å²) >= 11 is 0. The first kappa shape index (κ1) is 45.6. The molecule has 0 aromatic rings. The Labute approximate surface area is 297 Å². The van der Waals surface area contributed by atoms with E-state index in [-0.39, 0.29) is 12.1 Å². The number of aliphatic carboxylic acids is 1. The van der Waals surface area contributed by atoms with E-state index in [1.165, 1.54) is 77.0 Å². The van der Waals surface area contributed by atoms with Gasteiger partial charge in [-0.1, -0.05) is 164 Å². The van der Waals surface area contributed by atoms with Crippen LogP contribution in [0.2, 0.25) is 0 Å². The maximum absolute atomic E-state index is 12.6. The van der Waals surface area contributed by atoms with Gasteiger partial charge in [0.25, 0.3) is 0 Å². The van der Waals surface area contributed by atoms with E-state index in [4.69, 9.17) is 9.84 Å². The van der Waals surface area contributed by atoms with Crippen LogP contribution in [-0.4, -0.2) is 23.1 Å². The van der Waals surface area contributed by atoms with Gasteiger partial charge >= 0.3 is 11.9 Å². The van der Waals surface area contributed by atoms with Crippen molar-refractivity contribution in [1.29, 1.82) is 0 Å². The average Bonchev–Trinajstić information content (AvgIpc) is 3.07. The first-order valence-corrected chi connectivity index (χ1v) is 20.3. The smallest absolute Gasteiger partial charge is 0.306 e. The van der Waals surface area contributed by atoms with Gasteiger partial charge in [0.15, 0.2) is 0 Å². The minimum atomic E-state index is -0.681. The van der Waals surface area contributed by atoms with Gasteiger partial charge in [0.1, 0.15) is 6.10 Å². The first-order valence-electron chi connectivity index (χ1n) is 20.3. The van der Waals surface area contributed by atoms with E-state index in [9.17, 15) is 9.59 Å². The van der Waals surface area contributed by atoms with Crippen LogP contribution in [0.3, 0.4) is 0 Å². The van der Waals surface area contributed by atoms with Gasteiger partial charge < -0.3 is 9.84 Å². The molecule has 48 heavy (non-hydrogen) atoms. The monoisotopic (exact) mass is 669 g/mol. The fourth-order valence-electron chi connectivity index (χ4n) is 5.80. The van der Waals surface area contributed by atoms with Crippen LogP contribution in [0.1, 0.15) is 200 Å². The first-order chi connectivity index (χ1) is 23.6. The maximum atomic E-state index is 12.6. The minimum absolute atomic E-state index is 0.00948. The van der Waals surface area contributed by atoms with Gasteiger partial charge in [0.05, 0.1) is 0 Å². The minimum Gasteiger partial charge on any atom is -0.481 e. The lowest BCUT2D eigenvalue weighted by Gasteiger charge is -2.18. The van der Waals surface area contributed by atoms with Crippen molar-refractivity contribution in [2.75, 3.05) is 0 Å². The SMILES string of the molecule is CC/C=C\C/C=C\C/C=C\C/C=C\C/C=C\CCCCCCCC(=O)OC(CCCCCCC)CCCCCCCCCCCC(=O)O. The molecule has 0 aliphatic heterocycles. The van der Waals surface area contributed by atoms with Crippen LogP contribution in [0.15, 0.2) is 60.8 Å². The van der Waals surface area contributed by atoms with Crippen molar-refractivity contribution >= 4 is 11.9 Å². The second kappa shape index (κ2) is 39.1. The zero-order chi connectivity index (χ0) is 35.0. The molecule has 0 heterocycles. The van der Waals surface area contributed by atoms with Crippen molar-refractivity contribution < 1.29 is 19.4 Å². The van der Waals surface area contributed by atoms with Gasteiger partial charge in [-0.25, -0.2) is 0 Å². The number of rotatable bonds is 36. The number of carbonyl (C=O) groups is 2. The lowest BCUT2D eigenvalue weighted by atomic mass is 10.0. The molecule has 0 radical (unpaired) electrons. The maximum Gasteiger partial charge on any atom is 0.306 e. The van der Waals surface area contributed by atoms with Gasteiger partial charge in [0.2, 0.25) is 0 Å². The molecule has 0 bridgehead atoms. The topological polar surface area (TPSA) is 63.6 Å². The molecule has 4 nitrogen and oxygen atoms in total. The quantitative estimate of drug-likeness (QED) is 0.0410. The molecule has 4 heteroatoms. The van der Waals surface area contributed by atoms with E-state index < -0.39 is 5.97 Å². The van der Waals surface area contributed by atoms with Crippen molar-refractivity contribution in [3.8, 4) is 0 Å². The predicted molar refractivity (Wildman–Crippen MR) is 208 cm³/mol. The van der Waals surface area contributed by atoms with Crippen molar-refractivity contribution in [1.82, 2.24) is 0 Å². The normalized spacial score (nSPS) is 12.9. The summed E-state index contributed by atoms with van der Waals surface area (Å²) in [5.74, 6) is -0.672. The van der Waals surface area contributed by atoms with Crippen LogP contribution in [0, 0.1) is 0 Å². The Kier molecular flexibility index (Phi) is 37.2. The molecule has 1 atom stereocenters. The second-order valence-electron chi connectivity index (χ2n) is 13.4. The molecule has 1 N–H and O–H groups in total. The molecule has 0 rings (SSSR count). The third kappa shape index (κ3) is 38.1. The van der Waals surface area contributed by atoms with E-state index in [0.29, 0.717) is 12.8 Å². The summed E-state index contributed by atoms with van der Waals surface area (Å²) in [6.07, 6.45) is 54.0. The van der Waals surface area contributed by atoms with Crippen molar-refractivity contribution in [2.45, 2.75) is 206 Å². The second-order valence-corrected chi connectivity index (χ2v) is 13.4. The van der Waals surface area contributed by atoms with Crippen LogP contribution in [-0.2, 0) is 14.3 Å². The molecule has 0 aliphatic carbocycles. The van der Waals surface area contributed by atoms with Crippen LogP contribution >= 0.6 is 0 Å². The predicted octanol–water partition coefficient (Wildman–Crippen LogP) is 14.1. The summed E-state index contributed by atoms with van der Waals surface area (Å²) in [5, 5.41) is 8.72. The van der Waals surface area contributed by atoms with Crippen molar-refractivity contribution in [3.63, 3.8) is 0 Å². The van der Waals surface area contributed by atoms with E-state index in [1.807, 2.05) is 0 Å². The van der Waals surface area contributed by atoms with Crippen LogP contribution in [0.4, 0.5) is 0 Å². The van der Waals surface area contributed by atoms with Gasteiger partial charge in [-0.05, 0) is 83.5 Å². The third-order valence-electron chi connectivity index (χ3n) is 8.75. The molecule has 0 aromatic heterocycles. The summed E-state index contributed by atoms with van der Waals surface area (Å²) in [6.45, 7) is 4.41. The average molecular weight is 669 g/mol. The highest BCUT2D eigenvalue weighted by molar-refractivity contribution is 5.69. The number of unbranched alkanes of at least 4 members (excludes halogenated alkanes) is 17. The molecule has 0 saturated heterocycles. The van der Waals surface area contributed by atoms with Gasteiger partial charge in [0, 0.05) is 12.8 Å². The largest absolute Gasteiger partial charge is 0.481 e. The molecule has 0 saturated carbocycles. The molecular formula is C44H76O4. The van der Waals surface area contributed by atoms with E-state index in [1.54, 1.807) is 0 Å². The Morgan fingerprint density at radius 1 is 0.479 bits per heavy atom. The summed E-state index contributed by atoms with van der Waals surface area (Å²) in [7, 11) is 0. The Balaban J connectivity index is 3.91. The molecular weight excluding hydrogens is 592 g/mol. The van der Waals surface area contributed by atoms with Gasteiger partial charge in [-0.15, -0.1) is 0 Å². The number of hydrogen-bond acceptors (Lipinski definition) is 3. The summed E-state index contributed by atoms with van der Waals surface area (Å²) < 4.78 is 6.00. The summed E-state index contributed by atoms with van der Waals surface area (Å²) in [4.78, 5) is 23.2. The lowest BCUT2D eigenvalue weighted by Crippen LogP contribution is -2.18. The lowest BCUT2D eigenvalue weighted by molar-refractivity contribution is -0.150. The third-order valence-corrected chi connectivity index (χ3v) is 8.75. The van der Waals surface area contributed by atoms with Crippen LogP contribution < -0.4 is 0 Å². The van der Waals surface area contributed by atoms with Crippen LogP contribution in [0.5, 0.6) is 0 Å². The highest BCUT2D eigenvalue weighted by Crippen LogP contribution is 2.18. The van der Waals surface area contributed by atoms with E-state index in [0.717, 1.165) is 96.3 Å². The molecule has 0 amide bonds. The Morgan fingerprint density at radius 2 is 0.875 bits per heavy atom. The number of allylic oxidation sites excluding steroid dienone is 10. The standard InChI is InChI=1S/C44H76O4/c1-3-5-7-9-10-11-12-13-14-15-16-17-18-19-20-21-22-26-29-33-37-41-44(47)48-42(38-34-30-8-6-4-2)39-35-31-27-24-23-25-28-32-36-40-43(45)46/h5,7,10-11,13-14,16-17,19-20,42H,3-4,6,8-9,12,15,18,21-41H2,1-2H3,(H,45,46)/b7-5-,11-10-,14-13-,17-16-,20-19-. The number of carboxylic acid groups (broad SMARTS) is 1. The van der Waals surface area contributed by atoms with Crippen molar-refractivity contribution in [2.24, 2.45) is 0 Å². The number of carbonyl (C=O) groups excluding carboxylic acids is 1. The van der Waals surface area contributed by atoms with Gasteiger partial charge in [-0.2, -0.15) is 0 Å². The van der Waals surface area contributed by atoms with E-state index >= 15 is 0 Å². The Morgan fingerprint density at radius 3 is 1.35 bits per heavy atom. The fraction of sp³-hybridized carbons (Fsp3) is 0.727. The van der Waals surface area contributed by atoms with Crippen LogP contribution in [0.25, 0.3) is 0 Å². The molecule has 276 valence electrons. The molecule has 0 spiro atoms. The summed E-state index contributed by atoms with van der Waals surface area (Å²) in [5.41, 5.74) is 0. The Bertz CT molecular complexity index is 850. The highest BCUT2D eigenvalue weighted by atomic mass is 16.5. The fourth-order valence-corrected chi connectivity index (χ4v) is 5.80. The molecule has 1 unspecified atom stereocenters. The van der Waals surface area contributed by atoms with Crippen molar-refractivity contribution in [3.05, 3.63) is 60.8 Å². The van der Waals surface area contributed by atoms with Gasteiger partial charge in [-0.3, -0.25) is 9.59 Å². The number of ether oxygens (including phenoxy) is 1. The highest BCUT2D eigenvalue weighted by Gasteiger charge is 2.14. The summed E-state index contributed by atoms with van der Waals surface area (Å²) in [6, 6.07) is 0. The Hall–Kier alpha value is -2.36. The van der Waals surface area contributed by atoms with E-state index in [2.05, 4.69) is 74.6 Å². The zero-order valence-corrected chi connectivity index (χ0v) is 31.5. The number of carboxylic acids is 1. The zero-order valence-electron chi connectivity index (χ0n) is 31.5. The number of hydrogen-bond donors (Lipinski definition) is 1. The molecule has 0 aliphatic rings. The molecule has 0 aromatic carbocycles. The molecule has 0 fully saturated rings. The number of esters is 1.